The van der Waals surface area contributed by atoms with Gasteiger partial charge in [0.2, 0.25) is 0 Å². The van der Waals surface area contributed by atoms with Gasteiger partial charge in [-0.05, 0) is 24.0 Å². The molecule has 0 bridgehead atoms. The summed E-state index contributed by atoms with van der Waals surface area (Å²) in [5, 5.41) is 0. The number of hydrogen-bond donors (Lipinski definition) is 0. The largest absolute Gasteiger partial charge is 0.347 e. The van der Waals surface area contributed by atoms with Crippen LogP contribution < -0.4 is 0 Å². The summed E-state index contributed by atoms with van der Waals surface area (Å²) in [6.45, 7) is 1.46. The van der Waals surface area contributed by atoms with E-state index in [0.29, 0.717) is 0 Å². The maximum atomic E-state index is 5.88. The van der Waals surface area contributed by atoms with Crippen LogP contribution in [0.25, 0.3) is 6.08 Å². The molecule has 1 aromatic carbocycles. The summed E-state index contributed by atoms with van der Waals surface area (Å²) >= 11 is 0. The van der Waals surface area contributed by atoms with Crippen molar-refractivity contribution in [2.75, 3.05) is 13.2 Å². The van der Waals surface area contributed by atoms with Crippen LogP contribution in [0.3, 0.4) is 0 Å². The Bertz CT molecular complexity index is 417. The maximum Gasteiger partial charge on any atom is 0.172 e. The normalized spacial score (nSPS) is 24.7. The van der Waals surface area contributed by atoms with Gasteiger partial charge in [0.25, 0.3) is 0 Å². The lowest BCUT2D eigenvalue weighted by atomic mass is 9.97. The molecule has 2 aliphatic rings. The van der Waals surface area contributed by atoms with Crippen LogP contribution in [0.2, 0.25) is 0 Å². The number of benzene rings is 1. The molecule has 0 aromatic heterocycles. The van der Waals surface area contributed by atoms with E-state index < -0.39 is 0 Å². The molecule has 1 saturated heterocycles. The van der Waals surface area contributed by atoms with Crippen molar-refractivity contribution in [2.24, 2.45) is 0 Å². The first kappa shape index (κ1) is 11.0. The van der Waals surface area contributed by atoms with Crippen molar-refractivity contribution >= 4 is 6.08 Å². The molecular formula is C15H18O2. The summed E-state index contributed by atoms with van der Waals surface area (Å²) in [4.78, 5) is 0. The fourth-order valence-corrected chi connectivity index (χ4v) is 2.68. The molecule has 0 unspecified atom stereocenters. The summed E-state index contributed by atoms with van der Waals surface area (Å²) in [6.07, 6.45) is 8.57. The molecule has 1 aromatic rings. The molecule has 2 heteroatoms. The van der Waals surface area contributed by atoms with E-state index in [1.165, 1.54) is 11.1 Å². The molecule has 1 heterocycles. The van der Waals surface area contributed by atoms with Crippen molar-refractivity contribution in [3.63, 3.8) is 0 Å². The van der Waals surface area contributed by atoms with Crippen molar-refractivity contribution in [2.45, 2.75) is 31.5 Å². The minimum atomic E-state index is -0.359. The van der Waals surface area contributed by atoms with Gasteiger partial charge in [-0.1, -0.05) is 36.4 Å². The average molecular weight is 230 g/mol. The standard InChI is InChI=1S/C15H18O2/c1-2-6-13-7-3-4-8-14(13)12-15(9-5-1)16-10-11-17-15/h2-4,6-8H,1,5,9-12H2/b6-2-. The summed E-state index contributed by atoms with van der Waals surface area (Å²) < 4.78 is 11.8. The van der Waals surface area contributed by atoms with Gasteiger partial charge in [-0.3, -0.25) is 0 Å². The molecule has 1 aliphatic carbocycles. The second-order valence-corrected chi connectivity index (χ2v) is 4.78. The second-order valence-electron chi connectivity index (χ2n) is 4.78. The second kappa shape index (κ2) is 4.63. The minimum Gasteiger partial charge on any atom is -0.347 e. The van der Waals surface area contributed by atoms with E-state index in [-0.39, 0.29) is 5.79 Å². The van der Waals surface area contributed by atoms with Crippen molar-refractivity contribution < 1.29 is 9.47 Å². The predicted molar refractivity (Wildman–Crippen MR) is 67.7 cm³/mol. The van der Waals surface area contributed by atoms with E-state index in [9.17, 15) is 0 Å². The first-order valence-electron chi connectivity index (χ1n) is 6.40. The van der Waals surface area contributed by atoms with Crippen molar-refractivity contribution in [3.8, 4) is 0 Å². The molecule has 1 spiro atoms. The van der Waals surface area contributed by atoms with E-state index in [0.717, 1.165) is 38.9 Å². The Hall–Kier alpha value is -1.12. The SMILES string of the molecule is C1=C\c2ccccc2CC2(CCC/1)OCCO2. The molecule has 0 radical (unpaired) electrons. The number of rotatable bonds is 0. The highest BCUT2D eigenvalue weighted by Crippen LogP contribution is 2.32. The molecule has 2 nitrogen and oxygen atoms in total. The van der Waals surface area contributed by atoms with Crippen molar-refractivity contribution in [3.05, 3.63) is 41.5 Å². The molecule has 0 N–H and O–H groups in total. The highest BCUT2D eigenvalue weighted by Gasteiger charge is 2.36. The first-order chi connectivity index (χ1) is 8.38. The van der Waals surface area contributed by atoms with Gasteiger partial charge in [-0.2, -0.15) is 0 Å². The maximum absolute atomic E-state index is 5.88. The lowest BCUT2D eigenvalue weighted by Crippen LogP contribution is -2.33. The summed E-state index contributed by atoms with van der Waals surface area (Å²) in [6, 6.07) is 8.52. The smallest absolute Gasteiger partial charge is 0.172 e. The van der Waals surface area contributed by atoms with Gasteiger partial charge in [-0.15, -0.1) is 0 Å². The van der Waals surface area contributed by atoms with Crippen LogP contribution in [0.15, 0.2) is 30.3 Å². The fourth-order valence-electron chi connectivity index (χ4n) is 2.68. The Morgan fingerprint density at radius 1 is 1.06 bits per heavy atom. The minimum absolute atomic E-state index is 0.359. The molecule has 1 fully saturated rings. The van der Waals surface area contributed by atoms with Gasteiger partial charge >= 0.3 is 0 Å². The van der Waals surface area contributed by atoms with Crippen molar-refractivity contribution in [1.29, 1.82) is 0 Å². The van der Waals surface area contributed by atoms with E-state index in [1.54, 1.807) is 0 Å². The molecule has 17 heavy (non-hydrogen) atoms. The molecular weight excluding hydrogens is 212 g/mol. The summed E-state index contributed by atoms with van der Waals surface area (Å²) in [7, 11) is 0. The lowest BCUT2D eigenvalue weighted by Gasteiger charge is -2.27. The molecule has 1 aliphatic heterocycles. The molecule has 3 rings (SSSR count). The van der Waals surface area contributed by atoms with Gasteiger partial charge in [0.05, 0.1) is 13.2 Å². The lowest BCUT2D eigenvalue weighted by molar-refractivity contribution is -0.161. The quantitative estimate of drug-likeness (QED) is 0.681. The predicted octanol–water partition coefficient (Wildman–Crippen LogP) is 3.17. The number of fused-ring (bicyclic) bond motifs is 1. The molecule has 0 amide bonds. The summed E-state index contributed by atoms with van der Waals surface area (Å²) in [5.41, 5.74) is 2.63. The molecule has 0 saturated carbocycles. The zero-order valence-corrected chi connectivity index (χ0v) is 10.0. The topological polar surface area (TPSA) is 18.5 Å². The Morgan fingerprint density at radius 3 is 2.76 bits per heavy atom. The van der Waals surface area contributed by atoms with Gasteiger partial charge in [0, 0.05) is 12.8 Å². The zero-order chi connectivity index (χ0) is 11.6. The van der Waals surface area contributed by atoms with Crippen LogP contribution in [-0.4, -0.2) is 19.0 Å². The van der Waals surface area contributed by atoms with Crippen LogP contribution in [0.5, 0.6) is 0 Å². The highest BCUT2D eigenvalue weighted by atomic mass is 16.7. The third-order valence-corrected chi connectivity index (χ3v) is 3.55. The third-order valence-electron chi connectivity index (χ3n) is 3.55. The zero-order valence-electron chi connectivity index (χ0n) is 10.0. The summed E-state index contributed by atoms with van der Waals surface area (Å²) in [5.74, 6) is -0.359. The Labute approximate surface area is 102 Å². The molecule has 90 valence electrons. The average Bonchev–Trinajstić information content (AvgIpc) is 2.82. The fraction of sp³-hybridized carbons (Fsp3) is 0.467. The van der Waals surface area contributed by atoms with Gasteiger partial charge in [-0.25, -0.2) is 0 Å². The molecule has 0 atom stereocenters. The van der Waals surface area contributed by atoms with E-state index in [2.05, 4.69) is 36.4 Å². The highest BCUT2D eigenvalue weighted by molar-refractivity contribution is 5.54. The number of hydrogen-bond acceptors (Lipinski definition) is 2. The Balaban J connectivity index is 1.95. The first-order valence-corrected chi connectivity index (χ1v) is 6.40. The van der Waals surface area contributed by atoms with Crippen LogP contribution in [0.4, 0.5) is 0 Å². The monoisotopic (exact) mass is 230 g/mol. The van der Waals surface area contributed by atoms with Gasteiger partial charge < -0.3 is 9.47 Å². The third kappa shape index (κ3) is 2.28. The Morgan fingerprint density at radius 2 is 1.88 bits per heavy atom. The van der Waals surface area contributed by atoms with Crippen LogP contribution >= 0.6 is 0 Å². The van der Waals surface area contributed by atoms with Crippen LogP contribution in [0.1, 0.15) is 30.4 Å². The van der Waals surface area contributed by atoms with E-state index in [1.807, 2.05) is 0 Å². The number of ether oxygens (including phenoxy) is 2. The van der Waals surface area contributed by atoms with E-state index >= 15 is 0 Å². The Kier molecular flexibility index (Phi) is 3.00. The van der Waals surface area contributed by atoms with Crippen molar-refractivity contribution in [1.82, 2.24) is 0 Å². The van der Waals surface area contributed by atoms with Crippen LogP contribution in [0, 0.1) is 0 Å². The number of allylic oxidation sites excluding steroid dienone is 1. The van der Waals surface area contributed by atoms with Crippen LogP contribution in [-0.2, 0) is 15.9 Å². The van der Waals surface area contributed by atoms with E-state index in [4.69, 9.17) is 9.47 Å². The van der Waals surface area contributed by atoms with Gasteiger partial charge in [0.15, 0.2) is 5.79 Å². The van der Waals surface area contributed by atoms with Gasteiger partial charge in [0.1, 0.15) is 0 Å².